The fraction of sp³-hybridized carbons (Fsp3) is 0.391. The van der Waals surface area contributed by atoms with Gasteiger partial charge in [-0.3, -0.25) is 0 Å². The van der Waals surface area contributed by atoms with E-state index in [1.165, 1.54) is 0 Å². The van der Waals surface area contributed by atoms with Gasteiger partial charge in [-0.1, -0.05) is 18.2 Å². The average Bonchev–Trinajstić information content (AvgIpc) is 3.07. The first-order valence-corrected chi connectivity index (χ1v) is 9.98. The monoisotopic (exact) mass is 393 g/mol. The molecule has 0 saturated heterocycles. The number of methoxy groups -OCH3 is 1. The molecule has 0 bridgehead atoms. The summed E-state index contributed by atoms with van der Waals surface area (Å²) < 4.78 is 10.8. The number of carbonyl (C=O) groups is 1. The smallest absolute Gasteiger partial charge is 0.415 e. The van der Waals surface area contributed by atoms with Crippen LogP contribution in [0.15, 0.2) is 42.5 Å². The summed E-state index contributed by atoms with van der Waals surface area (Å²) in [5.41, 5.74) is 3.05. The Balaban J connectivity index is 1.87. The lowest BCUT2D eigenvalue weighted by atomic mass is 9.91. The molecule has 3 rings (SSSR count). The minimum absolute atomic E-state index is 0.0976. The van der Waals surface area contributed by atoms with Crippen molar-refractivity contribution in [1.82, 2.24) is 4.90 Å². The molecule has 2 atom stereocenters. The number of amides is 1. The van der Waals surface area contributed by atoms with Gasteiger partial charge in [0, 0.05) is 31.4 Å². The van der Waals surface area contributed by atoms with E-state index in [2.05, 4.69) is 17.9 Å². The Morgan fingerprint density at radius 1 is 1.10 bits per heavy atom. The van der Waals surface area contributed by atoms with Crippen LogP contribution in [0.5, 0.6) is 11.5 Å². The summed E-state index contributed by atoms with van der Waals surface area (Å²) in [4.78, 5) is 16.0. The third kappa shape index (κ3) is 3.86. The number of carbonyl (C=O) groups excluding carboxylic acids is 1. The molecule has 29 heavy (non-hydrogen) atoms. The van der Waals surface area contributed by atoms with Crippen LogP contribution in [0.25, 0.3) is 0 Å². The molecule has 6 heteroatoms. The Labute approximate surface area is 172 Å². The maximum Gasteiger partial charge on any atom is 0.415 e. The second-order valence-corrected chi connectivity index (χ2v) is 6.87. The normalized spacial score (nSPS) is 17.4. The summed E-state index contributed by atoms with van der Waals surface area (Å²) in [5.74, 6) is 0.998. The van der Waals surface area contributed by atoms with E-state index < -0.39 is 0 Å². The molecule has 1 heterocycles. The van der Waals surface area contributed by atoms with E-state index in [0.717, 1.165) is 29.1 Å². The summed E-state index contributed by atoms with van der Waals surface area (Å²) >= 11 is 0. The van der Waals surface area contributed by atoms with Crippen LogP contribution in [0.1, 0.15) is 43.9 Å². The van der Waals surface area contributed by atoms with Gasteiger partial charge in [0.05, 0.1) is 25.1 Å². The number of hydrogen-bond acceptors (Lipinski definition) is 5. The van der Waals surface area contributed by atoms with Gasteiger partial charge < -0.3 is 19.3 Å². The van der Waals surface area contributed by atoms with E-state index in [1.54, 1.807) is 24.1 Å². The molecule has 0 aromatic heterocycles. The first-order chi connectivity index (χ1) is 14.1. The van der Waals surface area contributed by atoms with Crippen molar-refractivity contribution < 1.29 is 14.3 Å². The minimum atomic E-state index is -0.354. The van der Waals surface area contributed by atoms with Crippen molar-refractivity contribution >= 4 is 11.8 Å². The quantitative estimate of drug-likeness (QED) is 0.710. The van der Waals surface area contributed by atoms with Crippen LogP contribution in [0.2, 0.25) is 0 Å². The van der Waals surface area contributed by atoms with Crippen molar-refractivity contribution in [3.8, 4) is 17.6 Å². The third-order valence-corrected chi connectivity index (χ3v) is 5.46. The molecular weight excluding hydrogens is 366 g/mol. The molecule has 0 radical (unpaired) electrons. The largest absolute Gasteiger partial charge is 0.497 e. The summed E-state index contributed by atoms with van der Waals surface area (Å²) in [6.45, 7) is 7.89. The molecule has 1 amide bonds. The highest BCUT2D eigenvalue weighted by atomic mass is 16.6. The lowest BCUT2D eigenvalue weighted by Gasteiger charge is -2.28. The van der Waals surface area contributed by atoms with Crippen LogP contribution in [0.4, 0.5) is 10.5 Å². The number of hydrogen-bond donors (Lipinski definition) is 0. The van der Waals surface area contributed by atoms with E-state index in [0.29, 0.717) is 18.8 Å². The summed E-state index contributed by atoms with van der Waals surface area (Å²) in [7, 11) is 1.64. The van der Waals surface area contributed by atoms with Gasteiger partial charge in [0.2, 0.25) is 0 Å². The Morgan fingerprint density at radius 3 is 2.31 bits per heavy atom. The first kappa shape index (κ1) is 20.5. The number of nitrogens with zero attached hydrogens (tertiary/aromatic N) is 3. The zero-order valence-corrected chi connectivity index (χ0v) is 17.4. The van der Waals surface area contributed by atoms with Gasteiger partial charge >= 0.3 is 6.09 Å². The van der Waals surface area contributed by atoms with Crippen molar-refractivity contribution in [2.45, 2.75) is 32.7 Å². The molecular formula is C23H27N3O3. The third-order valence-electron chi connectivity index (χ3n) is 5.46. The second kappa shape index (κ2) is 8.87. The van der Waals surface area contributed by atoms with Crippen molar-refractivity contribution in [2.75, 3.05) is 31.6 Å². The van der Waals surface area contributed by atoms with Gasteiger partial charge in [-0.25, -0.2) is 4.79 Å². The molecule has 0 N–H and O–H groups in total. The Kier molecular flexibility index (Phi) is 6.28. The molecule has 0 spiro atoms. The standard InChI is InChI=1S/C23H27N3O3/c1-5-25(6-2)23(27)29-17-10-8-16(9-11-17)22-20(15-24)19-13-12-18(28-4)14-21(19)26(22)7-3/h8-14,20,22H,5-7H2,1-4H3. The van der Waals surface area contributed by atoms with Gasteiger partial charge in [-0.05, 0) is 50.1 Å². The molecule has 2 unspecified atom stereocenters. The highest BCUT2D eigenvalue weighted by Crippen LogP contribution is 2.49. The molecule has 0 aliphatic carbocycles. The van der Waals surface area contributed by atoms with Crippen molar-refractivity contribution in [3.05, 3.63) is 53.6 Å². The topological polar surface area (TPSA) is 65.8 Å². The van der Waals surface area contributed by atoms with Crippen LogP contribution >= 0.6 is 0 Å². The molecule has 1 aliphatic rings. The number of rotatable bonds is 6. The van der Waals surface area contributed by atoms with E-state index in [4.69, 9.17) is 9.47 Å². The van der Waals surface area contributed by atoms with Crippen LogP contribution in [-0.4, -0.2) is 37.7 Å². The predicted molar refractivity (Wildman–Crippen MR) is 112 cm³/mol. The fourth-order valence-electron chi connectivity index (χ4n) is 3.92. The van der Waals surface area contributed by atoms with Gasteiger partial charge in [0.15, 0.2) is 0 Å². The fourth-order valence-corrected chi connectivity index (χ4v) is 3.92. The molecule has 0 saturated carbocycles. The highest BCUT2D eigenvalue weighted by molar-refractivity contribution is 5.71. The predicted octanol–water partition coefficient (Wildman–Crippen LogP) is 4.72. The number of likely N-dealkylation sites (N-methyl/N-ethyl adjacent to an activating group) is 1. The maximum atomic E-state index is 12.2. The van der Waals surface area contributed by atoms with Crippen LogP contribution < -0.4 is 14.4 Å². The maximum absolute atomic E-state index is 12.2. The number of benzene rings is 2. The highest BCUT2D eigenvalue weighted by Gasteiger charge is 2.39. The zero-order chi connectivity index (χ0) is 21.0. The number of anilines is 1. The van der Waals surface area contributed by atoms with Crippen LogP contribution in [-0.2, 0) is 0 Å². The molecule has 152 valence electrons. The van der Waals surface area contributed by atoms with Gasteiger partial charge in [-0.2, -0.15) is 5.26 Å². The van der Waals surface area contributed by atoms with Crippen molar-refractivity contribution in [3.63, 3.8) is 0 Å². The molecule has 1 aliphatic heterocycles. The van der Waals surface area contributed by atoms with Crippen molar-refractivity contribution in [1.29, 1.82) is 5.26 Å². The summed E-state index contributed by atoms with van der Waals surface area (Å²) in [5, 5.41) is 9.89. The van der Waals surface area contributed by atoms with Crippen LogP contribution in [0.3, 0.4) is 0 Å². The molecule has 0 fully saturated rings. The van der Waals surface area contributed by atoms with Gasteiger partial charge in [0.25, 0.3) is 0 Å². The van der Waals surface area contributed by atoms with E-state index in [-0.39, 0.29) is 18.1 Å². The summed E-state index contributed by atoms with van der Waals surface area (Å²) in [6, 6.07) is 15.7. The van der Waals surface area contributed by atoms with E-state index >= 15 is 0 Å². The second-order valence-electron chi connectivity index (χ2n) is 6.87. The van der Waals surface area contributed by atoms with Gasteiger partial charge in [-0.15, -0.1) is 0 Å². The Morgan fingerprint density at radius 2 is 1.76 bits per heavy atom. The lowest BCUT2D eigenvalue weighted by Crippen LogP contribution is -2.33. The lowest BCUT2D eigenvalue weighted by molar-refractivity contribution is 0.157. The first-order valence-electron chi connectivity index (χ1n) is 9.98. The molecule has 6 nitrogen and oxygen atoms in total. The van der Waals surface area contributed by atoms with Crippen LogP contribution in [0, 0.1) is 11.3 Å². The van der Waals surface area contributed by atoms with Gasteiger partial charge in [0.1, 0.15) is 11.5 Å². The molecule has 2 aromatic rings. The zero-order valence-electron chi connectivity index (χ0n) is 17.4. The number of ether oxygens (including phenoxy) is 2. The summed E-state index contributed by atoms with van der Waals surface area (Å²) in [6.07, 6.45) is -0.354. The van der Waals surface area contributed by atoms with E-state index in [9.17, 15) is 10.1 Å². The molecule has 2 aromatic carbocycles. The SMILES string of the molecule is CCN(CC)C(=O)Oc1ccc(C2C(C#N)c3ccc(OC)cc3N2CC)cc1. The Bertz CT molecular complexity index is 901. The number of fused-ring (bicyclic) bond motifs is 1. The van der Waals surface area contributed by atoms with E-state index in [1.807, 2.05) is 44.2 Å². The Hall–Kier alpha value is -3.20. The number of nitriles is 1. The van der Waals surface area contributed by atoms with Crippen molar-refractivity contribution in [2.24, 2.45) is 0 Å². The average molecular weight is 393 g/mol. The minimum Gasteiger partial charge on any atom is -0.497 e.